The maximum absolute atomic E-state index is 12.4. The molecule has 1 aromatic carbocycles. The summed E-state index contributed by atoms with van der Waals surface area (Å²) >= 11 is 0. The fourth-order valence-corrected chi connectivity index (χ4v) is 2.55. The molecule has 20 heavy (non-hydrogen) atoms. The van der Waals surface area contributed by atoms with Crippen LogP contribution in [0, 0.1) is 0 Å². The highest BCUT2D eigenvalue weighted by atomic mass is 16.5. The molecular formula is C16H24N2O2. The van der Waals surface area contributed by atoms with E-state index in [-0.39, 0.29) is 12.0 Å². The topological polar surface area (TPSA) is 55.6 Å². The van der Waals surface area contributed by atoms with Gasteiger partial charge in [-0.15, -0.1) is 0 Å². The summed E-state index contributed by atoms with van der Waals surface area (Å²) in [6.07, 6.45) is 3.86. The molecule has 1 fully saturated rings. The summed E-state index contributed by atoms with van der Waals surface area (Å²) in [5, 5.41) is 0. The van der Waals surface area contributed by atoms with Crippen molar-refractivity contribution in [3.63, 3.8) is 0 Å². The van der Waals surface area contributed by atoms with Gasteiger partial charge in [0.25, 0.3) is 0 Å². The molecular weight excluding hydrogens is 252 g/mol. The van der Waals surface area contributed by atoms with Gasteiger partial charge in [0.2, 0.25) is 5.91 Å². The van der Waals surface area contributed by atoms with Crippen molar-refractivity contribution >= 4 is 11.6 Å². The van der Waals surface area contributed by atoms with Gasteiger partial charge < -0.3 is 15.4 Å². The third-order valence-corrected chi connectivity index (χ3v) is 3.83. The van der Waals surface area contributed by atoms with Crippen LogP contribution in [0.4, 0.5) is 5.69 Å². The Balaban J connectivity index is 1.93. The van der Waals surface area contributed by atoms with E-state index in [0.29, 0.717) is 19.5 Å². The first-order chi connectivity index (χ1) is 9.70. The zero-order chi connectivity index (χ0) is 14.4. The molecule has 0 aliphatic carbocycles. The molecule has 1 atom stereocenters. The Morgan fingerprint density at radius 2 is 2.20 bits per heavy atom. The van der Waals surface area contributed by atoms with E-state index in [1.54, 1.807) is 0 Å². The van der Waals surface area contributed by atoms with Crippen LogP contribution in [0.25, 0.3) is 0 Å². The Hall–Kier alpha value is -1.55. The molecule has 1 aliphatic rings. The number of rotatable bonds is 5. The molecule has 1 aliphatic heterocycles. The molecule has 4 nitrogen and oxygen atoms in total. The minimum absolute atomic E-state index is 0.0958. The summed E-state index contributed by atoms with van der Waals surface area (Å²) in [5.74, 6) is 0.155. The van der Waals surface area contributed by atoms with Crippen LogP contribution in [-0.2, 0) is 16.1 Å². The Morgan fingerprint density at radius 1 is 1.40 bits per heavy atom. The van der Waals surface area contributed by atoms with Gasteiger partial charge in [-0.1, -0.05) is 18.2 Å². The molecule has 1 amide bonds. The van der Waals surface area contributed by atoms with Crippen molar-refractivity contribution in [1.29, 1.82) is 0 Å². The number of ether oxygens (including phenoxy) is 1. The SMILES string of the molecule is CCN(Cc1ccccc1N)C(=O)CC1CCCCO1. The molecule has 0 spiro atoms. The van der Waals surface area contributed by atoms with Crippen LogP contribution >= 0.6 is 0 Å². The van der Waals surface area contributed by atoms with E-state index in [0.717, 1.165) is 37.1 Å². The van der Waals surface area contributed by atoms with Gasteiger partial charge in [0, 0.05) is 25.4 Å². The van der Waals surface area contributed by atoms with Gasteiger partial charge in [0.15, 0.2) is 0 Å². The molecule has 0 radical (unpaired) electrons. The first-order valence-corrected chi connectivity index (χ1v) is 7.43. The number of nitrogens with zero attached hydrogens (tertiary/aromatic N) is 1. The van der Waals surface area contributed by atoms with Crippen molar-refractivity contribution in [2.45, 2.75) is 45.3 Å². The van der Waals surface area contributed by atoms with E-state index in [9.17, 15) is 4.79 Å². The van der Waals surface area contributed by atoms with E-state index >= 15 is 0 Å². The zero-order valence-corrected chi connectivity index (χ0v) is 12.2. The van der Waals surface area contributed by atoms with Crippen molar-refractivity contribution in [3.05, 3.63) is 29.8 Å². The van der Waals surface area contributed by atoms with Crippen molar-refractivity contribution in [3.8, 4) is 0 Å². The predicted octanol–water partition coefficient (Wildman–Crippen LogP) is 2.58. The number of nitrogen functional groups attached to an aromatic ring is 1. The molecule has 110 valence electrons. The second kappa shape index (κ2) is 7.29. The number of carbonyl (C=O) groups is 1. The molecule has 1 aromatic rings. The van der Waals surface area contributed by atoms with Crippen LogP contribution in [0.15, 0.2) is 24.3 Å². The first-order valence-electron chi connectivity index (χ1n) is 7.43. The van der Waals surface area contributed by atoms with Gasteiger partial charge in [0.1, 0.15) is 0 Å². The van der Waals surface area contributed by atoms with E-state index in [2.05, 4.69) is 0 Å². The molecule has 0 bridgehead atoms. The summed E-state index contributed by atoms with van der Waals surface area (Å²) in [4.78, 5) is 14.2. The van der Waals surface area contributed by atoms with Crippen LogP contribution in [-0.4, -0.2) is 30.1 Å². The zero-order valence-electron chi connectivity index (χ0n) is 12.2. The molecule has 0 aromatic heterocycles. The van der Waals surface area contributed by atoms with Crippen LogP contribution in [0.2, 0.25) is 0 Å². The summed E-state index contributed by atoms with van der Waals surface area (Å²) < 4.78 is 5.65. The van der Waals surface area contributed by atoms with Crippen LogP contribution < -0.4 is 5.73 Å². The highest BCUT2D eigenvalue weighted by Gasteiger charge is 2.21. The summed E-state index contributed by atoms with van der Waals surface area (Å²) in [6.45, 7) is 4.06. The van der Waals surface area contributed by atoms with Crippen molar-refractivity contribution in [1.82, 2.24) is 4.90 Å². The van der Waals surface area contributed by atoms with Crippen LogP contribution in [0.3, 0.4) is 0 Å². The standard InChI is InChI=1S/C16H24N2O2/c1-2-18(12-13-7-3-4-9-15(13)17)16(19)11-14-8-5-6-10-20-14/h3-4,7,9,14H,2,5-6,8,10-12,17H2,1H3. The second-order valence-corrected chi connectivity index (χ2v) is 5.30. The maximum Gasteiger partial charge on any atom is 0.225 e. The normalized spacial score (nSPS) is 18.8. The van der Waals surface area contributed by atoms with E-state index in [4.69, 9.17) is 10.5 Å². The number of amides is 1. The third-order valence-electron chi connectivity index (χ3n) is 3.83. The highest BCUT2D eigenvalue weighted by Crippen LogP contribution is 2.18. The van der Waals surface area contributed by atoms with Gasteiger partial charge >= 0.3 is 0 Å². The molecule has 1 heterocycles. The quantitative estimate of drug-likeness (QED) is 0.841. The van der Waals surface area contributed by atoms with Gasteiger partial charge in [-0.25, -0.2) is 0 Å². The Morgan fingerprint density at radius 3 is 2.85 bits per heavy atom. The van der Waals surface area contributed by atoms with E-state index < -0.39 is 0 Å². The summed E-state index contributed by atoms with van der Waals surface area (Å²) in [6, 6.07) is 7.71. The fraction of sp³-hybridized carbons (Fsp3) is 0.562. The molecule has 2 rings (SSSR count). The number of carbonyl (C=O) groups excluding carboxylic acids is 1. The Bertz CT molecular complexity index is 442. The van der Waals surface area contributed by atoms with Gasteiger partial charge in [-0.3, -0.25) is 4.79 Å². The largest absolute Gasteiger partial charge is 0.398 e. The number of hydrogen-bond acceptors (Lipinski definition) is 3. The van der Waals surface area contributed by atoms with Crippen molar-refractivity contribution in [2.75, 3.05) is 18.9 Å². The van der Waals surface area contributed by atoms with E-state index in [1.807, 2.05) is 36.1 Å². The molecule has 2 N–H and O–H groups in total. The number of nitrogens with two attached hydrogens (primary N) is 1. The van der Waals surface area contributed by atoms with Gasteiger partial charge in [-0.2, -0.15) is 0 Å². The second-order valence-electron chi connectivity index (χ2n) is 5.30. The number of hydrogen-bond donors (Lipinski definition) is 1. The number of para-hydroxylation sites is 1. The number of anilines is 1. The van der Waals surface area contributed by atoms with Crippen LogP contribution in [0.1, 0.15) is 38.2 Å². The number of benzene rings is 1. The summed E-state index contributed by atoms with van der Waals surface area (Å²) in [7, 11) is 0. The van der Waals surface area contributed by atoms with Crippen molar-refractivity contribution in [2.24, 2.45) is 0 Å². The maximum atomic E-state index is 12.4. The minimum atomic E-state index is 0.0958. The Labute approximate surface area is 120 Å². The monoisotopic (exact) mass is 276 g/mol. The highest BCUT2D eigenvalue weighted by molar-refractivity contribution is 5.77. The Kier molecular flexibility index (Phi) is 5.41. The molecule has 1 unspecified atom stereocenters. The lowest BCUT2D eigenvalue weighted by Crippen LogP contribution is -2.34. The van der Waals surface area contributed by atoms with Gasteiger partial charge in [0.05, 0.1) is 12.5 Å². The lowest BCUT2D eigenvalue weighted by atomic mass is 10.1. The minimum Gasteiger partial charge on any atom is -0.398 e. The van der Waals surface area contributed by atoms with Crippen LogP contribution in [0.5, 0.6) is 0 Å². The molecule has 1 saturated heterocycles. The third kappa shape index (κ3) is 3.97. The first kappa shape index (κ1) is 14.9. The van der Waals surface area contributed by atoms with Gasteiger partial charge in [-0.05, 0) is 37.8 Å². The lowest BCUT2D eigenvalue weighted by molar-refractivity contribution is -0.135. The lowest BCUT2D eigenvalue weighted by Gasteiger charge is -2.26. The fourth-order valence-electron chi connectivity index (χ4n) is 2.55. The average Bonchev–Trinajstić information content (AvgIpc) is 2.47. The van der Waals surface area contributed by atoms with E-state index in [1.165, 1.54) is 0 Å². The van der Waals surface area contributed by atoms with Crippen molar-refractivity contribution < 1.29 is 9.53 Å². The summed E-state index contributed by atoms with van der Waals surface area (Å²) in [5.41, 5.74) is 7.70. The smallest absolute Gasteiger partial charge is 0.225 e. The molecule has 4 heteroatoms. The predicted molar refractivity (Wildman–Crippen MR) is 80.2 cm³/mol. The molecule has 0 saturated carbocycles. The average molecular weight is 276 g/mol.